The highest BCUT2D eigenvalue weighted by molar-refractivity contribution is 6.01. The Balaban J connectivity index is 1.73. The number of ether oxygens (including phenoxy) is 1. The molecule has 0 bridgehead atoms. The van der Waals surface area contributed by atoms with E-state index in [1.54, 1.807) is 12.1 Å². The fourth-order valence-electron chi connectivity index (χ4n) is 3.63. The molecule has 0 unspecified atom stereocenters. The van der Waals surface area contributed by atoms with Gasteiger partial charge in [-0.2, -0.15) is 0 Å². The third kappa shape index (κ3) is 3.60. The van der Waals surface area contributed by atoms with Crippen LogP contribution in [0.15, 0.2) is 42.7 Å². The summed E-state index contributed by atoms with van der Waals surface area (Å²) < 4.78 is 46.8. The molecule has 10 heteroatoms. The van der Waals surface area contributed by atoms with Gasteiger partial charge in [0.15, 0.2) is 17.5 Å². The molecule has 2 amide bonds. The maximum atomic E-state index is 14.7. The molecule has 2 heterocycles. The SMILES string of the molecule is COC(=O)c1ccccc1NC(=O)N1CCc2[nH]cnc2[C@H]1c1ccc(F)c(F)c1F. The number of imidazole rings is 1. The van der Waals surface area contributed by atoms with Crippen molar-refractivity contribution >= 4 is 17.7 Å². The number of urea groups is 1. The lowest BCUT2D eigenvalue weighted by Gasteiger charge is -2.35. The number of methoxy groups -OCH3 is 1. The molecule has 7 nitrogen and oxygen atoms in total. The Morgan fingerprint density at radius 3 is 2.71 bits per heavy atom. The van der Waals surface area contributed by atoms with Crippen LogP contribution in [-0.4, -0.2) is 40.5 Å². The number of halogens is 3. The maximum Gasteiger partial charge on any atom is 0.339 e. The van der Waals surface area contributed by atoms with Crippen LogP contribution >= 0.6 is 0 Å². The van der Waals surface area contributed by atoms with Gasteiger partial charge < -0.3 is 19.9 Å². The summed E-state index contributed by atoms with van der Waals surface area (Å²) >= 11 is 0. The van der Waals surface area contributed by atoms with Crippen LogP contribution < -0.4 is 5.32 Å². The van der Waals surface area contributed by atoms with E-state index >= 15 is 0 Å². The first-order valence-electron chi connectivity index (χ1n) is 9.33. The molecule has 0 saturated carbocycles. The number of fused-ring (bicyclic) bond motifs is 1. The van der Waals surface area contributed by atoms with Crippen molar-refractivity contribution in [2.75, 3.05) is 19.0 Å². The lowest BCUT2D eigenvalue weighted by atomic mass is 9.95. The minimum absolute atomic E-state index is 0.131. The number of hydrogen-bond donors (Lipinski definition) is 2. The Bertz CT molecular complexity index is 1160. The van der Waals surface area contributed by atoms with E-state index in [1.807, 2.05) is 0 Å². The molecule has 1 aromatic heterocycles. The van der Waals surface area contributed by atoms with Gasteiger partial charge in [-0.25, -0.2) is 27.7 Å². The average molecular weight is 430 g/mol. The Labute approximate surface area is 174 Å². The van der Waals surface area contributed by atoms with E-state index in [0.717, 1.165) is 12.1 Å². The Morgan fingerprint density at radius 1 is 1.16 bits per heavy atom. The normalized spacial score (nSPS) is 15.4. The van der Waals surface area contributed by atoms with E-state index in [-0.39, 0.29) is 23.4 Å². The molecule has 1 aliphatic heterocycles. The Morgan fingerprint density at radius 2 is 1.94 bits per heavy atom. The van der Waals surface area contributed by atoms with Crippen LogP contribution in [0.1, 0.15) is 33.4 Å². The molecule has 3 aromatic rings. The van der Waals surface area contributed by atoms with Crippen molar-refractivity contribution in [2.45, 2.75) is 12.5 Å². The van der Waals surface area contributed by atoms with Crippen molar-refractivity contribution in [3.63, 3.8) is 0 Å². The molecule has 0 saturated heterocycles. The number of carbonyl (C=O) groups is 2. The number of nitrogens with one attached hydrogen (secondary N) is 2. The van der Waals surface area contributed by atoms with E-state index in [1.165, 1.54) is 30.5 Å². The lowest BCUT2D eigenvalue weighted by Crippen LogP contribution is -2.43. The summed E-state index contributed by atoms with van der Waals surface area (Å²) in [5.74, 6) is -5.00. The first kappa shape index (κ1) is 20.5. The highest BCUT2D eigenvalue weighted by Gasteiger charge is 2.37. The monoisotopic (exact) mass is 430 g/mol. The number of aromatic nitrogens is 2. The number of anilines is 1. The van der Waals surface area contributed by atoms with Gasteiger partial charge >= 0.3 is 12.0 Å². The van der Waals surface area contributed by atoms with E-state index in [0.29, 0.717) is 17.8 Å². The van der Waals surface area contributed by atoms with Gasteiger partial charge in [-0.05, 0) is 18.2 Å². The van der Waals surface area contributed by atoms with Crippen LogP contribution in [0.5, 0.6) is 0 Å². The largest absolute Gasteiger partial charge is 0.465 e. The molecule has 0 radical (unpaired) electrons. The first-order chi connectivity index (χ1) is 14.9. The van der Waals surface area contributed by atoms with Gasteiger partial charge in [0, 0.05) is 24.2 Å². The average Bonchev–Trinajstić information content (AvgIpc) is 3.26. The minimum Gasteiger partial charge on any atom is -0.465 e. The van der Waals surface area contributed by atoms with E-state index in [4.69, 9.17) is 4.74 Å². The van der Waals surface area contributed by atoms with Crippen LogP contribution in [0, 0.1) is 17.5 Å². The summed E-state index contributed by atoms with van der Waals surface area (Å²) in [6.07, 6.45) is 1.78. The van der Waals surface area contributed by atoms with Crippen molar-refractivity contribution in [1.82, 2.24) is 14.9 Å². The summed E-state index contributed by atoms with van der Waals surface area (Å²) in [4.78, 5) is 33.5. The number of rotatable bonds is 3. The summed E-state index contributed by atoms with van der Waals surface area (Å²) in [5.41, 5.74) is 1.08. The molecule has 31 heavy (non-hydrogen) atoms. The predicted molar refractivity (Wildman–Crippen MR) is 104 cm³/mol. The minimum atomic E-state index is -1.63. The maximum absolute atomic E-state index is 14.7. The second-order valence-electron chi connectivity index (χ2n) is 6.84. The van der Waals surface area contributed by atoms with Crippen LogP contribution in [0.2, 0.25) is 0 Å². The summed E-state index contributed by atoms with van der Waals surface area (Å²) in [5, 5.41) is 2.62. The van der Waals surface area contributed by atoms with Crippen LogP contribution in [-0.2, 0) is 11.2 Å². The fraction of sp³-hybridized carbons (Fsp3) is 0.190. The van der Waals surface area contributed by atoms with Crippen molar-refractivity contribution in [2.24, 2.45) is 0 Å². The molecule has 1 atom stereocenters. The third-order valence-electron chi connectivity index (χ3n) is 5.12. The zero-order valence-electron chi connectivity index (χ0n) is 16.3. The predicted octanol–water partition coefficient (Wildman–Crippen LogP) is 3.79. The number of amides is 2. The van der Waals surface area contributed by atoms with Gasteiger partial charge in [0.1, 0.15) is 6.04 Å². The third-order valence-corrected chi connectivity index (χ3v) is 5.12. The molecular formula is C21H17F3N4O3. The number of benzene rings is 2. The van der Waals surface area contributed by atoms with Crippen LogP contribution in [0.25, 0.3) is 0 Å². The molecule has 0 aliphatic carbocycles. The second-order valence-corrected chi connectivity index (χ2v) is 6.84. The van der Waals surface area contributed by atoms with Gasteiger partial charge in [-0.1, -0.05) is 18.2 Å². The number of hydrogen-bond acceptors (Lipinski definition) is 4. The summed E-state index contributed by atoms with van der Waals surface area (Å²) in [6.45, 7) is 0.143. The molecule has 1 aliphatic rings. The van der Waals surface area contributed by atoms with Crippen molar-refractivity contribution in [3.05, 3.63) is 82.7 Å². The van der Waals surface area contributed by atoms with Crippen molar-refractivity contribution < 1.29 is 27.5 Å². The van der Waals surface area contributed by atoms with Gasteiger partial charge in [-0.3, -0.25) is 0 Å². The number of carbonyl (C=O) groups excluding carboxylic acids is 2. The number of nitrogens with zero attached hydrogens (tertiary/aromatic N) is 2. The Kier molecular flexibility index (Phi) is 5.37. The van der Waals surface area contributed by atoms with Crippen LogP contribution in [0.3, 0.4) is 0 Å². The van der Waals surface area contributed by atoms with Gasteiger partial charge in [0.2, 0.25) is 0 Å². The molecule has 0 fully saturated rings. The molecule has 0 spiro atoms. The number of para-hydroxylation sites is 1. The highest BCUT2D eigenvalue weighted by atomic mass is 19.2. The number of esters is 1. The van der Waals surface area contributed by atoms with E-state index in [2.05, 4.69) is 15.3 Å². The van der Waals surface area contributed by atoms with Crippen molar-refractivity contribution in [1.29, 1.82) is 0 Å². The van der Waals surface area contributed by atoms with Gasteiger partial charge in [0.05, 0.1) is 30.4 Å². The number of H-pyrrole nitrogens is 1. The zero-order valence-corrected chi connectivity index (χ0v) is 16.3. The molecule has 2 N–H and O–H groups in total. The van der Waals surface area contributed by atoms with Gasteiger partial charge in [0.25, 0.3) is 0 Å². The van der Waals surface area contributed by atoms with Gasteiger partial charge in [-0.15, -0.1) is 0 Å². The molecular weight excluding hydrogens is 413 g/mol. The smallest absolute Gasteiger partial charge is 0.339 e. The zero-order chi connectivity index (χ0) is 22.1. The van der Waals surface area contributed by atoms with Crippen molar-refractivity contribution in [3.8, 4) is 0 Å². The molecule has 160 valence electrons. The first-order valence-corrected chi connectivity index (χ1v) is 9.33. The van der Waals surface area contributed by atoms with E-state index < -0.39 is 35.5 Å². The van der Waals surface area contributed by atoms with Crippen LogP contribution in [0.4, 0.5) is 23.7 Å². The van der Waals surface area contributed by atoms with E-state index in [9.17, 15) is 22.8 Å². The lowest BCUT2D eigenvalue weighted by molar-refractivity contribution is 0.0602. The number of aromatic amines is 1. The second kappa shape index (κ2) is 8.13. The summed E-state index contributed by atoms with van der Waals surface area (Å²) in [7, 11) is 1.21. The fourth-order valence-corrected chi connectivity index (χ4v) is 3.63. The molecule has 2 aromatic carbocycles. The Hall–Kier alpha value is -3.82. The highest BCUT2D eigenvalue weighted by Crippen LogP contribution is 2.36. The topological polar surface area (TPSA) is 87.3 Å². The molecule has 4 rings (SSSR count). The summed E-state index contributed by atoms with van der Waals surface area (Å²) in [6, 6.07) is 6.35. The standard InChI is InChI=1S/C21H17F3N4O3/c1-31-20(29)11-4-2-3-5-14(11)27-21(30)28-9-8-15-18(26-10-25-15)19(28)12-6-7-13(22)17(24)16(12)23/h2-7,10,19H,8-9H2,1H3,(H,25,26)(H,27,30)/t19-/m1/s1. The quantitative estimate of drug-likeness (QED) is 0.489.